The summed E-state index contributed by atoms with van der Waals surface area (Å²) in [6, 6.07) is 5.24. The lowest BCUT2D eigenvalue weighted by Crippen LogP contribution is -2.13. The fraction of sp³-hybridized carbons (Fsp3) is 0.500. The van der Waals surface area contributed by atoms with Crippen LogP contribution in [0.15, 0.2) is 23.2 Å². The maximum absolute atomic E-state index is 13.4. The smallest absolute Gasteiger partial charge is 0.282 e. The Labute approximate surface area is 116 Å². The Morgan fingerprint density at radius 2 is 2.21 bits per heavy atom. The molecule has 1 aromatic rings. The SMILES string of the molecule is NC1=NC(CCC2(c3cc(F)cc(Cl)c3)CC2)CO1. The molecule has 1 unspecified atom stereocenters. The van der Waals surface area contributed by atoms with E-state index in [-0.39, 0.29) is 23.3 Å². The highest BCUT2D eigenvalue weighted by molar-refractivity contribution is 6.30. The largest absolute Gasteiger partial charge is 0.463 e. The normalized spacial score (nSPS) is 23.9. The summed E-state index contributed by atoms with van der Waals surface area (Å²) < 4.78 is 18.6. The molecule has 1 aliphatic carbocycles. The van der Waals surface area contributed by atoms with E-state index in [1.54, 1.807) is 6.07 Å². The predicted octanol–water partition coefficient (Wildman–Crippen LogP) is 3.00. The number of rotatable bonds is 4. The fourth-order valence-electron chi connectivity index (χ4n) is 2.72. The van der Waals surface area contributed by atoms with Gasteiger partial charge in [0.05, 0.1) is 6.04 Å². The molecule has 0 saturated heterocycles. The molecule has 0 bridgehead atoms. The van der Waals surface area contributed by atoms with Gasteiger partial charge < -0.3 is 10.5 Å². The Bertz CT molecular complexity index is 508. The van der Waals surface area contributed by atoms with Crippen LogP contribution in [0.5, 0.6) is 0 Å². The summed E-state index contributed by atoms with van der Waals surface area (Å²) in [6.07, 6.45) is 4.05. The van der Waals surface area contributed by atoms with Crippen LogP contribution in [0.2, 0.25) is 5.02 Å². The van der Waals surface area contributed by atoms with Crippen molar-refractivity contribution >= 4 is 17.6 Å². The van der Waals surface area contributed by atoms with Crippen LogP contribution in [-0.4, -0.2) is 18.7 Å². The van der Waals surface area contributed by atoms with Crippen molar-refractivity contribution in [2.45, 2.75) is 37.1 Å². The van der Waals surface area contributed by atoms with Gasteiger partial charge in [-0.25, -0.2) is 9.38 Å². The van der Waals surface area contributed by atoms with Gasteiger partial charge in [0.1, 0.15) is 12.4 Å². The molecule has 1 aromatic carbocycles. The van der Waals surface area contributed by atoms with E-state index in [2.05, 4.69) is 4.99 Å². The highest BCUT2D eigenvalue weighted by atomic mass is 35.5. The van der Waals surface area contributed by atoms with Gasteiger partial charge in [0.2, 0.25) is 0 Å². The van der Waals surface area contributed by atoms with Crippen LogP contribution < -0.4 is 5.73 Å². The van der Waals surface area contributed by atoms with Crippen LogP contribution in [-0.2, 0) is 10.2 Å². The summed E-state index contributed by atoms with van der Waals surface area (Å²) in [6.45, 7) is 0.561. The summed E-state index contributed by atoms with van der Waals surface area (Å²) in [7, 11) is 0. The maximum atomic E-state index is 13.4. The number of hydrogen-bond acceptors (Lipinski definition) is 3. The molecule has 1 aliphatic heterocycles. The van der Waals surface area contributed by atoms with E-state index >= 15 is 0 Å². The lowest BCUT2D eigenvalue weighted by molar-refractivity contribution is 0.302. The molecule has 3 rings (SSSR count). The third-order valence-electron chi connectivity index (χ3n) is 4.02. The molecule has 5 heteroatoms. The molecular formula is C14H16ClFN2O. The van der Waals surface area contributed by atoms with Crippen molar-refractivity contribution < 1.29 is 9.13 Å². The Morgan fingerprint density at radius 1 is 1.42 bits per heavy atom. The molecule has 1 saturated carbocycles. The number of ether oxygens (including phenoxy) is 1. The molecule has 1 fully saturated rings. The molecular weight excluding hydrogens is 267 g/mol. The minimum Gasteiger partial charge on any atom is -0.463 e. The lowest BCUT2D eigenvalue weighted by atomic mass is 9.89. The van der Waals surface area contributed by atoms with Gasteiger partial charge in [-0.1, -0.05) is 11.6 Å². The van der Waals surface area contributed by atoms with E-state index in [1.807, 2.05) is 6.07 Å². The molecule has 2 N–H and O–H groups in total. The van der Waals surface area contributed by atoms with Crippen molar-refractivity contribution in [3.8, 4) is 0 Å². The second-order valence-corrected chi connectivity index (χ2v) is 5.85. The molecule has 19 heavy (non-hydrogen) atoms. The van der Waals surface area contributed by atoms with Gasteiger partial charge in [0.25, 0.3) is 6.02 Å². The van der Waals surface area contributed by atoms with Crippen molar-refractivity contribution in [3.63, 3.8) is 0 Å². The molecule has 0 amide bonds. The minimum absolute atomic E-state index is 0.0820. The lowest BCUT2D eigenvalue weighted by Gasteiger charge is -2.17. The van der Waals surface area contributed by atoms with Gasteiger partial charge in [0, 0.05) is 5.02 Å². The Morgan fingerprint density at radius 3 is 2.79 bits per heavy atom. The molecule has 0 radical (unpaired) electrons. The molecule has 3 nitrogen and oxygen atoms in total. The average molecular weight is 283 g/mol. The first kappa shape index (κ1) is 12.7. The van der Waals surface area contributed by atoms with E-state index in [1.165, 1.54) is 6.07 Å². The fourth-order valence-corrected chi connectivity index (χ4v) is 2.94. The van der Waals surface area contributed by atoms with Crippen molar-refractivity contribution in [2.24, 2.45) is 10.7 Å². The van der Waals surface area contributed by atoms with Crippen LogP contribution >= 0.6 is 11.6 Å². The van der Waals surface area contributed by atoms with E-state index in [0.717, 1.165) is 31.2 Å². The van der Waals surface area contributed by atoms with Gasteiger partial charge in [0.15, 0.2) is 0 Å². The average Bonchev–Trinajstić information content (AvgIpc) is 3.03. The van der Waals surface area contributed by atoms with Crippen LogP contribution in [0, 0.1) is 5.82 Å². The zero-order valence-electron chi connectivity index (χ0n) is 10.5. The number of amidine groups is 1. The van der Waals surface area contributed by atoms with Crippen LogP contribution in [0.25, 0.3) is 0 Å². The summed E-state index contributed by atoms with van der Waals surface area (Å²) in [5, 5.41) is 0.465. The minimum atomic E-state index is -0.264. The zero-order chi connectivity index (χ0) is 13.5. The number of nitrogens with two attached hydrogens (primary N) is 1. The first-order valence-corrected chi connectivity index (χ1v) is 6.88. The van der Waals surface area contributed by atoms with Gasteiger partial charge in [-0.15, -0.1) is 0 Å². The Balaban J connectivity index is 1.69. The number of aliphatic imine (C=N–C) groups is 1. The van der Waals surface area contributed by atoms with E-state index in [0.29, 0.717) is 11.6 Å². The second kappa shape index (κ2) is 4.67. The topological polar surface area (TPSA) is 47.6 Å². The molecule has 1 atom stereocenters. The monoisotopic (exact) mass is 282 g/mol. The third kappa shape index (κ3) is 2.68. The highest BCUT2D eigenvalue weighted by Crippen LogP contribution is 2.52. The van der Waals surface area contributed by atoms with E-state index < -0.39 is 0 Å². The predicted molar refractivity (Wildman–Crippen MR) is 72.9 cm³/mol. The standard InChI is InChI=1S/C14H16ClFN2O/c15-10-5-9(6-11(16)7-10)14(3-4-14)2-1-12-8-19-13(17)18-12/h5-7,12H,1-4,8H2,(H2,17,18). The van der Waals surface area contributed by atoms with Crippen LogP contribution in [0.3, 0.4) is 0 Å². The molecule has 0 spiro atoms. The van der Waals surface area contributed by atoms with Crippen molar-refractivity contribution in [1.29, 1.82) is 0 Å². The van der Waals surface area contributed by atoms with Crippen LogP contribution in [0.4, 0.5) is 4.39 Å². The quantitative estimate of drug-likeness (QED) is 0.923. The van der Waals surface area contributed by atoms with Crippen molar-refractivity contribution in [3.05, 3.63) is 34.6 Å². The van der Waals surface area contributed by atoms with Gasteiger partial charge in [-0.05, 0) is 54.9 Å². The molecule has 2 aliphatic rings. The van der Waals surface area contributed by atoms with Gasteiger partial charge >= 0.3 is 0 Å². The third-order valence-corrected chi connectivity index (χ3v) is 4.24. The molecule has 1 heterocycles. The summed E-state index contributed by atoms with van der Waals surface area (Å²) in [4.78, 5) is 4.22. The molecule has 0 aromatic heterocycles. The summed E-state index contributed by atoms with van der Waals surface area (Å²) in [5.74, 6) is -0.264. The number of nitrogens with zero attached hydrogens (tertiary/aromatic N) is 1. The zero-order valence-corrected chi connectivity index (χ0v) is 11.3. The Kier molecular flexibility index (Phi) is 3.13. The summed E-state index contributed by atoms with van der Waals surface area (Å²) >= 11 is 5.93. The number of benzene rings is 1. The summed E-state index contributed by atoms with van der Waals surface area (Å²) in [5.41, 5.74) is 6.58. The number of hydrogen-bond donors (Lipinski definition) is 1. The Hall–Kier alpha value is -1.29. The van der Waals surface area contributed by atoms with E-state index in [4.69, 9.17) is 22.1 Å². The maximum Gasteiger partial charge on any atom is 0.282 e. The molecule has 102 valence electrons. The van der Waals surface area contributed by atoms with E-state index in [9.17, 15) is 4.39 Å². The van der Waals surface area contributed by atoms with Crippen molar-refractivity contribution in [1.82, 2.24) is 0 Å². The van der Waals surface area contributed by atoms with Crippen LogP contribution in [0.1, 0.15) is 31.2 Å². The first-order chi connectivity index (χ1) is 9.07. The van der Waals surface area contributed by atoms with Gasteiger partial charge in [-0.2, -0.15) is 0 Å². The number of halogens is 2. The van der Waals surface area contributed by atoms with Crippen molar-refractivity contribution in [2.75, 3.05) is 6.61 Å². The highest BCUT2D eigenvalue weighted by Gasteiger charge is 2.44. The second-order valence-electron chi connectivity index (χ2n) is 5.41. The van der Waals surface area contributed by atoms with Gasteiger partial charge in [-0.3, -0.25) is 0 Å². The first-order valence-electron chi connectivity index (χ1n) is 6.50.